The molecule has 0 radical (unpaired) electrons. The number of ether oxygens (including phenoxy) is 1. The van der Waals surface area contributed by atoms with E-state index < -0.39 is 6.10 Å². The van der Waals surface area contributed by atoms with Gasteiger partial charge in [-0.1, -0.05) is 35.3 Å². The van der Waals surface area contributed by atoms with E-state index in [-0.39, 0.29) is 5.91 Å². The molecule has 2 aromatic carbocycles. The quantitative estimate of drug-likeness (QED) is 0.588. The van der Waals surface area contributed by atoms with Crippen LogP contribution < -0.4 is 10.1 Å². The van der Waals surface area contributed by atoms with Gasteiger partial charge in [0.1, 0.15) is 5.75 Å². The van der Waals surface area contributed by atoms with Crippen LogP contribution in [0.4, 0.5) is 0 Å². The fraction of sp³-hybridized carbons (Fsp3) is 0.350. The number of halogens is 2. The maximum absolute atomic E-state index is 12.1. The van der Waals surface area contributed by atoms with Crippen LogP contribution in [0.25, 0.3) is 0 Å². The maximum atomic E-state index is 12.1. The van der Waals surface area contributed by atoms with Crippen LogP contribution in [0.5, 0.6) is 5.75 Å². The lowest BCUT2D eigenvalue weighted by Gasteiger charge is -2.15. The summed E-state index contributed by atoms with van der Waals surface area (Å²) in [7, 11) is 0. The van der Waals surface area contributed by atoms with E-state index >= 15 is 0 Å². The molecule has 0 aliphatic heterocycles. The zero-order valence-electron chi connectivity index (χ0n) is 15.1. The van der Waals surface area contributed by atoms with Crippen LogP contribution in [-0.4, -0.2) is 24.3 Å². The van der Waals surface area contributed by atoms with Crippen molar-refractivity contribution in [3.05, 3.63) is 63.1 Å². The normalized spacial score (nSPS) is 11.9. The average Bonchev–Trinajstić information content (AvgIpc) is 2.59. The first-order chi connectivity index (χ1) is 12.4. The molecule has 26 heavy (non-hydrogen) atoms. The molecule has 0 heterocycles. The van der Waals surface area contributed by atoms with Gasteiger partial charge in [-0.25, -0.2) is 0 Å². The number of nitrogens with one attached hydrogen (secondary N) is 1. The van der Waals surface area contributed by atoms with Crippen molar-refractivity contribution in [1.82, 2.24) is 5.32 Å². The van der Waals surface area contributed by atoms with Gasteiger partial charge in [-0.15, -0.1) is 0 Å². The maximum Gasteiger partial charge on any atom is 0.260 e. The molecule has 0 bridgehead atoms. The molecule has 6 heteroatoms. The molecule has 0 aliphatic rings. The summed E-state index contributed by atoms with van der Waals surface area (Å²) in [5, 5.41) is 4.20. The highest BCUT2D eigenvalue weighted by molar-refractivity contribution is 7.98. The number of hydrogen-bond acceptors (Lipinski definition) is 3. The second-order valence-corrected chi connectivity index (χ2v) is 8.03. The predicted octanol–water partition coefficient (Wildman–Crippen LogP) is 5.43. The van der Waals surface area contributed by atoms with Gasteiger partial charge < -0.3 is 10.1 Å². The van der Waals surface area contributed by atoms with Crippen molar-refractivity contribution < 1.29 is 9.53 Å². The predicted molar refractivity (Wildman–Crippen MR) is 112 cm³/mol. The fourth-order valence-corrected chi connectivity index (χ4v) is 3.67. The summed E-state index contributed by atoms with van der Waals surface area (Å²) in [6, 6.07) is 11.3. The van der Waals surface area contributed by atoms with E-state index in [1.807, 2.05) is 44.2 Å². The van der Waals surface area contributed by atoms with E-state index in [1.54, 1.807) is 24.8 Å². The fourth-order valence-electron chi connectivity index (χ4n) is 2.26. The SMILES string of the molecule is Cc1ccc(O[C@H](C)C(=O)NCCSCc2ccc(Cl)cc2Cl)cc1C. The molecule has 0 saturated carbocycles. The van der Waals surface area contributed by atoms with Gasteiger partial charge in [-0.2, -0.15) is 11.8 Å². The first-order valence-electron chi connectivity index (χ1n) is 8.40. The largest absolute Gasteiger partial charge is 0.481 e. The van der Waals surface area contributed by atoms with Crippen molar-refractivity contribution in [2.75, 3.05) is 12.3 Å². The molecule has 0 unspecified atom stereocenters. The Balaban J connectivity index is 1.70. The summed E-state index contributed by atoms with van der Waals surface area (Å²) in [6.07, 6.45) is -0.534. The Hall–Kier alpha value is -1.36. The lowest BCUT2D eigenvalue weighted by atomic mass is 10.1. The molecule has 1 atom stereocenters. The summed E-state index contributed by atoms with van der Waals surface area (Å²) in [6.45, 7) is 6.40. The molecule has 1 N–H and O–H groups in total. The number of carbonyl (C=O) groups excluding carboxylic acids is 1. The number of hydrogen-bond donors (Lipinski definition) is 1. The number of aryl methyl sites for hydroxylation is 2. The van der Waals surface area contributed by atoms with Gasteiger partial charge in [-0.05, 0) is 61.7 Å². The highest BCUT2D eigenvalue weighted by Gasteiger charge is 2.14. The Morgan fingerprint density at radius 2 is 1.92 bits per heavy atom. The standard InChI is InChI=1S/C20H23Cl2NO2S/c1-13-4-7-18(10-14(13)2)25-15(3)20(24)23-8-9-26-12-16-5-6-17(21)11-19(16)22/h4-7,10-11,15H,8-9,12H2,1-3H3,(H,23,24)/t15-/m1/s1. The van der Waals surface area contributed by atoms with Crippen LogP contribution in [0.3, 0.4) is 0 Å². The van der Waals surface area contributed by atoms with Crippen LogP contribution in [0, 0.1) is 13.8 Å². The van der Waals surface area contributed by atoms with Gasteiger partial charge in [0.2, 0.25) is 0 Å². The monoisotopic (exact) mass is 411 g/mol. The average molecular weight is 412 g/mol. The summed E-state index contributed by atoms with van der Waals surface area (Å²) < 4.78 is 5.72. The molecule has 1 amide bonds. The zero-order valence-corrected chi connectivity index (χ0v) is 17.5. The van der Waals surface area contributed by atoms with Gasteiger partial charge in [0, 0.05) is 28.1 Å². The van der Waals surface area contributed by atoms with Gasteiger partial charge in [0.15, 0.2) is 6.10 Å². The first-order valence-corrected chi connectivity index (χ1v) is 10.3. The van der Waals surface area contributed by atoms with E-state index in [0.29, 0.717) is 22.3 Å². The highest BCUT2D eigenvalue weighted by Crippen LogP contribution is 2.24. The summed E-state index contributed by atoms with van der Waals surface area (Å²) in [4.78, 5) is 12.1. The molecular formula is C20H23Cl2NO2S. The third-order valence-electron chi connectivity index (χ3n) is 3.98. The van der Waals surface area contributed by atoms with Crippen molar-refractivity contribution in [1.29, 1.82) is 0 Å². The second kappa shape index (κ2) is 10.1. The van der Waals surface area contributed by atoms with E-state index in [9.17, 15) is 4.79 Å². The number of thioether (sulfide) groups is 1. The third-order valence-corrected chi connectivity index (χ3v) is 5.57. The third kappa shape index (κ3) is 6.42. The lowest BCUT2D eigenvalue weighted by molar-refractivity contribution is -0.127. The minimum atomic E-state index is -0.534. The van der Waals surface area contributed by atoms with E-state index in [4.69, 9.17) is 27.9 Å². The molecule has 0 fully saturated rings. The van der Waals surface area contributed by atoms with Crippen LogP contribution in [0.2, 0.25) is 10.0 Å². The van der Waals surface area contributed by atoms with Gasteiger partial charge in [0.25, 0.3) is 5.91 Å². The van der Waals surface area contributed by atoms with Crippen molar-refractivity contribution in [2.45, 2.75) is 32.6 Å². The summed E-state index contributed by atoms with van der Waals surface area (Å²) in [5.41, 5.74) is 3.39. The smallest absolute Gasteiger partial charge is 0.260 e. The Kier molecular flexibility index (Phi) is 8.14. The van der Waals surface area contributed by atoms with E-state index in [0.717, 1.165) is 22.6 Å². The van der Waals surface area contributed by atoms with E-state index in [1.165, 1.54) is 5.56 Å². The molecule has 2 aromatic rings. The molecule has 2 rings (SSSR count). The Morgan fingerprint density at radius 1 is 1.15 bits per heavy atom. The Morgan fingerprint density at radius 3 is 2.62 bits per heavy atom. The minimum Gasteiger partial charge on any atom is -0.481 e. The Bertz CT molecular complexity index is 767. The molecule has 0 spiro atoms. The van der Waals surface area contributed by atoms with Crippen LogP contribution in [0.15, 0.2) is 36.4 Å². The van der Waals surface area contributed by atoms with Crippen LogP contribution >= 0.6 is 35.0 Å². The summed E-state index contributed by atoms with van der Waals surface area (Å²) in [5.74, 6) is 2.16. The summed E-state index contributed by atoms with van der Waals surface area (Å²) >= 11 is 13.7. The van der Waals surface area contributed by atoms with E-state index in [2.05, 4.69) is 5.32 Å². The number of benzene rings is 2. The molecule has 140 valence electrons. The zero-order chi connectivity index (χ0) is 19.1. The van der Waals surface area contributed by atoms with Crippen LogP contribution in [-0.2, 0) is 10.5 Å². The number of rotatable bonds is 8. The molecular weight excluding hydrogens is 389 g/mol. The number of carbonyl (C=O) groups is 1. The van der Waals surface area contributed by atoms with Crippen molar-refractivity contribution in [2.24, 2.45) is 0 Å². The molecule has 3 nitrogen and oxygen atoms in total. The van der Waals surface area contributed by atoms with Gasteiger partial charge in [0.05, 0.1) is 0 Å². The highest BCUT2D eigenvalue weighted by atomic mass is 35.5. The molecule has 0 aromatic heterocycles. The molecule has 0 saturated heterocycles. The van der Waals surface area contributed by atoms with Crippen LogP contribution in [0.1, 0.15) is 23.6 Å². The van der Waals surface area contributed by atoms with Gasteiger partial charge in [-0.3, -0.25) is 4.79 Å². The molecule has 0 aliphatic carbocycles. The van der Waals surface area contributed by atoms with Crippen molar-refractivity contribution in [3.8, 4) is 5.75 Å². The second-order valence-electron chi connectivity index (χ2n) is 6.09. The van der Waals surface area contributed by atoms with Crippen molar-refractivity contribution >= 4 is 40.9 Å². The lowest BCUT2D eigenvalue weighted by Crippen LogP contribution is -2.37. The minimum absolute atomic E-state index is 0.117. The topological polar surface area (TPSA) is 38.3 Å². The number of amides is 1. The first kappa shape index (κ1) is 20.9. The van der Waals surface area contributed by atoms with Crippen molar-refractivity contribution in [3.63, 3.8) is 0 Å². The van der Waals surface area contributed by atoms with Gasteiger partial charge >= 0.3 is 0 Å². The Labute approximate surface area is 169 Å².